The number of nitrogen functional groups attached to an aromatic ring is 1. The number of fused-ring (bicyclic) bond motifs is 1. The lowest BCUT2D eigenvalue weighted by molar-refractivity contribution is 1.34. The van der Waals surface area contributed by atoms with E-state index in [2.05, 4.69) is 10.2 Å². The van der Waals surface area contributed by atoms with Crippen molar-refractivity contribution >= 4 is 22.4 Å². The number of rotatable bonds is 1. The molecule has 0 saturated carbocycles. The summed E-state index contributed by atoms with van der Waals surface area (Å²) in [5, 5.41) is 4.44. The van der Waals surface area contributed by atoms with Crippen LogP contribution < -0.4 is 5.73 Å². The Bertz CT molecular complexity index is 433. The molecule has 0 bridgehead atoms. The number of nitrogens with two attached hydrogens (primary N) is 1. The summed E-state index contributed by atoms with van der Waals surface area (Å²) < 4.78 is 0. The highest BCUT2D eigenvalue weighted by Gasteiger charge is 2.06. The fraction of sp³-hybridized carbons (Fsp3) is 0. The number of benzene rings is 1. The second-order valence-corrected chi connectivity index (χ2v) is 2.52. The van der Waals surface area contributed by atoms with Crippen LogP contribution in [0.2, 0.25) is 0 Å². The van der Waals surface area contributed by atoms with Gasteiger partial charge in [-0.3, -0.25) is 0 Å². The van der Waals surface area contributed by atoms with Crippen LogP contribution in [0.15, 0.2) is 29.4 Å². The van der Waals surface area contributed by atoms with Crippen LogP contribution in [0.5, 0.6) is 0 Å². The monoisotopic (exact) mass is 161 g/mol. The molecule has 0 aliphatic rings. The van der Waals surface area contributed by atoms with E-state index in [1.54, 1.807) is 6.07 Å². The van der Waals surface area contributed by atoms with E-state index in [4.69, 9.17) is 5.73 Å². The summed E-state index contributed by atoms with van der Waals surface area (Å²) in [6.45, 7) is 0. The van der Waals surface area contributed by atoms with Crippen molar-refractivity contribution in [1.82, 2.24) is 4.98 Å². The second kappa shape index (κ2) is 2.34. The number of nitrogens with zero attached hydrogens (tertiary/aromatic N) is 1. The highest BCUT2D eigenvalue weighted by Crippen LogP contribution is 2.29. The minimum absolute atomic E-state index is 0.295. The third-order valence-electron chi connectivity index (χ3n) is 1.82. The van der Waals surface area contributed by atoms with Crippen molar-refractivity contribution in [3.05, 3.63) is 29.2 Å². The van der Waals surface area contributed by atoms with Crippen molar-refractivity contribution in [2.24, 2.45) is 5.18 Å². The Morgan fingerprint density at radius 1 is 1.25 bits per heavy atom. The minimum Gasteiger partial charge on any atom is -0.385 e. The SMILES string of the molecule is Nc1[nH]c(N=O)c2ccccc12. The average molecular weight is 161 g/mol. The van der Waals surface area contributed by atoms with Crippen molar-refractivity contribution in [3.8, 4) is 0 Å². The summed E-state index contributed by atoms with van der Waals surface area (Å²) in [4.78, 5) is 13.0. The lowest BCUT2D eigenvalue weighted by Crippen LogP contribution is -1.82. The zero-order chi connectivity index (χ0) is 8.55. The van der Waals surface area contributed by atoms with Gasteiger partial charge in [0.05, 0.1) is 0 Å². The number of nitrogens with one attached hydrogen (secondary N) is 1. The number of hydrogen-bond acceptors (Lipinski definition) is 3. The lowest BCUT2D eigenvalue weighted by Gasteiger charge is -1.87. The van der Waals surface area contributed by atoms with E-state index in [0.717, 1.165) is 10.8 Å². The smallest absolute Gasteiger partial charge is 0.184 e. The van der Waals surface area contributed by atoms with Crippen molar-refractivity contribution in [1.29, 1.82) is 0 Å². The van der Waals surface area contributed by atoms with Gasteiger partial charge in [-0.1, -0.05) is 24.3 Å². The average Bonchev–Trinajstić information content (AvgIpc) is 2.44. The third-order valence-corrected chi connectivity index (χ3v) is 1.82. The number of nitroso groups, excluding NO2 is 1. The summed E-state index contributed by atoms with van der Waals surface area (Å²) >= 11 is 0. The van der Waals surface area contributed by atoms with Crippen LogP contribution in [0.1, 0.15) is 0 Å². The largest absolute Gasteiger partial charge is 0.385 e. The molecule has 12 heavy (non-hydrogen) atoms. The second-order valence-electron chi connectivity index (χ2n) is 2.52. The molecule has 4 heteroatoms. The molecular formula is C8H7N3O. The van der Waals surface area contributed by atoms with E-state index in [-0.39, 0.29) is 0 Å². The van der Waals surface area contributed by atoms with Gasteiger partial charge < -0.3 is 10.7 Å². The van der Waals surface area contributed by atoms with E-state index in [9.17, 15) is 4.91 Å². The summed E-state index contributed by atoms with van der Waals surface area (Å²) in [6, 6.07) is 7.35. The number of H-pyrrole nitrogens is 1. The van der Waals surface area contributed by atoms with Crippen molar-refractivity contribution in [3.63, 3.8) is 0 Å². The molecule has 0 fully saturated rings. The van der Waals surface area contributed by atoms with Crippen LogP contribution in [-0.4, -0.2) is 4.98 Å². The Morgan fingerprint density at radius 3 is 2.58 bits per heavy atom. The van der Waals surface area contributed by atoms with Gasteiger partial charge in [-0.05, 0) is 5.18 Å². The number of aromatic nitrogens is 1. The van der Waals surface area contributed by atoms with E-state index in [1.165, 1.54) is 0 Å². The van der Waals surface area contributed by atoms with Crippen LogP contribution in [0.25, 0.3) is 10.8 Å². The Labute approximate surface area is 68.4 Å². The third kappa shape index (κ3) is 0.780. The maximum atomic E-state index is 10.3. The van der Waals surface area contributed by atoms with Crippen molar-refractivity contribution in [2.45, 2.75) is 0 Å². The van der Waals surface area contributed by atoms with Gasteiger partial charge in [0.15, 0.2) is 5.82 Å². The van der Waals surface area contributed by atoms with E-state index < -0.39 is 0 Å². The molecule has 60 valence electrons. The zero-order valence-corrected chi connectivity index (χ0v) is 6.24. The highest BCUT2D eigenvalue weighted by atomic mass is 16.3. The molecule has 0 atom stereocenters. The van der Waals surface area contributed by atoms with Gasteiger partial charge in [0.25, 0.3) is 0 Å². The molecule has 1 aromatic heterocycles. The van der Waals surface area contributed by atoms with E-state index >= 15 is 0 Å². The molecule has 0 radical (unpaired) electrons. The molecule has 0 amide bonds. The fourth-order valence-electron chi connectivity index (χ4n) is 1.26. The van der Waals surface area contributed by atoms with Crippen LogP contribution in [0.3, 0.4) is 0 Å². The minimum atomic E-state index is 0.295. The first kappa shape index (κ1) is 6.84. The first-order valence-electron chi connectivity index (χ1n) is 3.52. The zero-order valence-electron chi connectivity index (χ0n) is 6.24. The predicted octanol–water partition coefficient (Wildman–Crippen LogP) is 2.15. The van der Waals surface area contributed by atoms with Gasteiger partial charge in [-0.25, -0.2) is 0 Å². The Balaban J connectivity index is 2.91. The predicted molar refractivity (Wildman–Crippen MR) is 48.2 cm³/mol. The Kier molecular flexibility index (Phi) is 1.33. The molecule has 0 spiro atoms. The standard InChI is InChI=1S/C8H7N3O/c9-7-5-3-1-2-4-6(5)8(10-7)11-12/h1-4,10H,9H2. The summed E-state index contributed by atoms with van der Waals surface area (Å²) in [7, 11) is 0. The lowest BCUT2D eigenvalue weighted by atomic mass is 10.2. The van der Waals surface area contributed by atoms with Gasteiger partial charge in [0.2, 0.25) is 0 Å². The number of anilines is 1. The maximum absolute atomic E-state index is 10.3. The maximum Gasteiger partial charge on any atom is 0.184 e. The molecule has 2 aromatic rings. The van der Waals surface area contributed by atoms with Gasteiger partial charge >= 0.3 is 0 Å². The molecular weight excluding hydrogens is 154 g/mol. The fourth-order valence-corrected chi connectivity index (χ4v) is 1.26. The Morgan fingerprint density at radius 2 is 1.92 bits per heavy atom. The Hall–Kier alpha value is -1.84. The van der Waals surface area contributed by atoms with Crippen LogP contribution in [0.4, 0.5) is 11.6 Å². The number of hydrogen-bond donors (Lipinski definition) is 2. The normalized spacial score (nSPS) is 10.3. The molecule has 2 rings (SSSR count). The van der Waals surface area contributed by atoms with Gasteiger partial charge in [0, 0.05) is 10.8 Å². The van der Waals surface area contributed by atoms with Gasteiger partial charge in [0.1, 0.15) is 5.82 Å². The van der Waals surface area contributed by atoms with Crippen molar-refractivity contribution in [2.75, 3.05) is 5.73 Å². The van der Waals surface area contributed by atoms with Crippen molar-refractivity contribution < 1.29 is 0 Å². The first-order chi connectivity index (χ1) is 5.83. The molecule has 4 nitrogen and oxygen atoms in total. The first-order valence-corrected chi connectivity index (χ1v) is 3.52. The number of aromatic amines is 1. The highest BCUT2D eigenvalue weighted by molar-refractivity contribution is 5.99. The summed E-state index contributed by atoms with van der Waals surface area (Å²) in [6.07, 6.45) is 0. The van der Waals surface area contributed by atoms with Gasteiger partial charge in [-0.2, -0.15) is 0 Å². The summed E-state index contributed by atoms with van der Waals surface area (Å²) in [5.41, 5.74) is 5.60. The summed E-state index contributed by atoms with van der Waals surface area (Å²) in [5.74, 6) is 0.781. The topological polar surface area (TPSA) is 71.2 Å². The molecule has 1 heterocycles. The quantitative estimate of drug-likeness (QED) is 0.629. The molecule has 1 aromatic carbocycles. The van der Waals surface area contributed by atoms with Gasteiger partial charge in [-0.15, -0.1) is 4.91 Å². The van der Waals surface area contributed by atoms with E-state index in [1.807, 2.05) is 18.2 Å². The van der Waals surface area contributed by atoms with Crippen LogP contribution in [0, 0.1) is 4.91 Å². The molecule has 0 aliphatic carbocycles. The molecule has 3 N–H and O–H groups in total. The van der Waals surface area contributed by atoms with E-state index in [0.29, 0.717) is 11.6 Å². The molecule has 0 unspecified atom stereocenters. The molecule has 0 aliphatic heterocycles. The van der Waals surface area contributed by atoms with Crippen LogP contribution in [-0.2, 0) is 0 Å². The molecule has 0 saturated heterocycles. The van der Waals surface area contributed by atoms with Crippen LogP contribution >= 0.6 is 0 Å².